The summed E-state index contributed by atoms with van der Waals surface area (Å²) < 4.78 is 11.3. The first kappa shape index (κ1) is 12.5. The van der Waals surface area contributed by atoms with E-state index in [1.54, 1.807) is 7.11 Å². The van der Waals surface area contributed by atoms with Gasteiger partial charge in [-0.25, -0.2) is 0 Å². The Kier molecular flexibility index (Phi) is 6.39. The van der Waals surface area contributed by atoms with Crippen LogP contribution in [0.1, 0.15) is 0 Å². The first-order chi connectivity index (χ1) is 7.33. The minimum atomic E-state index is 0.649. The van der Waals surface area contributed by atoms with Gasteiger partial charge in [0.25, 0.3) is 0 Å². The highest BCUT2D eigenvalue weighted by atomic mass is 79.9. The fraction of sp³-hybridized carbons (Fsp3) is 0.455. The topological polar surface area (TPSA) is 30.5 Å². The largest absolute Gasteiger partial charge is 0.383 e. The van der Waals surface area contributed by atoms with Crippen LogP contribution in [0.15, 0.2) is 28.7 Å². The van der Waals surface area contributed by atoms with Gasteiger partial charge in [0.05, 0.1) is 19.8 Å². The van der Waals surface area contributed by atoms with Crippen molar-refractivity contribution in [3.63, 3.8) is 0 Å². The molecule has 1 rings (SSSR count). The Morgan fingerprint density at radius 1 is 1.27 bits per heavy atom. The molecule has 4 heteroatoms. The van der Waals surface area contributed by atoms with Crippen LogP contribution in [-0.2, 0) is 9.47 Å². The summed E-state index contributed by atoms with van der Waals surface area (Å²) in [7, 11) is 1.67. The highest BCUT2D eigenvalue weighted by Gasteiger charge is 1.92. The van der Waals surface area contributed by atoms with Gasteiger partial charge in [0.1, 0.15) is 0 Å². The molecule has 0 saturated carbocycles. The number of ether oxygens (including phenoxy) is 2. The second-order valence-electron chi connectivity index (χ2n) is 3.04. The number of hydrogen-bond donors (Lipinski definition) is 1. The Bertz CT molecular complexity index is 281. The first-order valence-electron chi connectivity index (χ1n) is 4.89. The highest BCUT2D eigenvalue weighted by Crippen LogP contribution is 2.14. The van der Waals surface area contributed by atoms with Crippen molar-refractivity contribution in [3.05, 3.63) is 28.7 Å². The van der Waals surface area contributed by atoms with Crippen molar-refractivity contribution in [1.82, 2.24) is 0 Å². The summed E-state index contributed by atoms with van der Waals surface area (Å²) in [6, 6.07) is 8.06. The fourth-order valence-corrected chi connectivity index (χ4v) is 1.51. The standard InChI is InChI=1S/C11H16BrNO2/c1-14-7-8-15-6-5-13-11-4-2-3-10(12)9-11/h2-4,9,13H,5-8H2,1H3. The van der Waals surface area contributed by atoms with Gasteiger partial charge in [-0.05, 0) is 18.2 Å². The Balaban J connectivity index is 2.10. The van der Waals surface area contributed by atoms with Gasteiger partial charge in [0, 0.05) is 23.8 Å². The SMILES string of the molecule is COCCOCCNc1cccc(Br)c1. The number of halogens is 1. The lowest BCUT2D eigenvalue weighted by molar-refractivity contribution is 0.0759. The predicted octanol–water partition coefficient (Wildman–Crippen LogP) is 2.52. The summed E-state index contributed by atoms with van der Waals surface area (Å²) in [6.45, 7) is 2.80. The molecular weight excluding hydrogens is 258 g/mol. The number of benzene rings is 1. The van der Waals surface area contributed by atoms with E-state index in [0.29, 0.717) is 19.8 Å². The molecule has 0 unspecified atom stereocenters. The number of methoxy groups -OCH3 is 1. The molecule has 0 fully saturated rings. The predicted molar refractivity (Wildman–Crippen MR) is 65.3 cm³/mol. The van der Waals surface area contributed by atoms with Gasteiger partial charge in [0.2, 0.25) is 0 Å². The van der Waals surface area contributed by atoms with Crippen molar-refractivity contribution < 1.29 is 9.47 Å². The quantitative estimate of drug-likeness (QED) is 0.775. The molecule has 15 heavy (non-hydrogen) atoms. The van der Waals surface area contributed by atoms with E-state index in [-0.39, 0.29) is 0 Å². The Labute approximate surface area is 98.9 Å². The van der Waals surface area contributed by atoms with Crippen LogP contribution in [0.5, 0.6) is 0 Å². The average Bonchev–Trinajstić information content (AvgIpc) is 2.23. The molecule has 0 aromatic heterocycles. The van der Waals surface area contributed by atoms with Crippen LogP contribution in [0, 0.1) is 0 Å². The fourth-order valence-electron chi connectivity index (χ4n) is 1.11. The third-order valence-corrected chi connectivity index (χ3v) is 2.33. The maximum absolute atomic E-state index is 5.33. The summed E-state index contributed by atoms with van der Waals surface area (Å²) >= 11 is 3.42. The van der Waals surface area contributed by atoms with Crippen LogP contribution in [0.25, 0.3) is 0 Å². The zero-order valence-corrected chi connectivity index (χ0v) is 10.4. The van der Waals surface area contributed by atoms with E-state index in [4.69, 9.17) is 9.47 Å². The maximum atomic E-state index is 5.33. The van der Waals surface area contributed by atoms with E-state index < -0.39 is 0 Å². The molecule has 0 aliphatic rings. The van der Waals surface area contributed by atoms with Gasteiger partial charge >= 0.3 is 0 Å². The minimum Gasteiger partial charge on any atom is -0.383 e. The van der Waals surface area contributed by atoms with Crippen LogP contribution < -0.4 is 5.32 Å². The van der Waals surface area contributed by atoms with Gasteiger partial charge in [-0.15, -0.1) is 0 Å². The molecule has 0 spiro atoms. The number of rotatable bonds is 7. The summed E-state index contributed by atoms with van der Waals surface area (Å²) in [6.07, 6.45) is 0. The van der Waals surface area contributed by atoms with Crippen LogP contribution >= 0.6 is 15.9 Å². The molecule has 0 atom stereocenters. The van der Waals surface area contributed by atoms with Crippen LogP contribution in [0.2, 0.25) is 0 Å². The molecule has 3 nitrogen and oxygen atoms in total. The van der Waals surface area contributed by atoms with Crippen LogP contribution in [0.3, 0.4) is 0 Å². The molecule has 1 aromatic carbocycles. The zero-order valence-electron chi connectivity index (χ0n) is 8.83. The molecule has 0 heterocycles. The molecule has 0 aliphatic carbocycles. The molecule has 0 saturated heterocycles. The van der Waals surface area contributed by atoms with E-state index in [1.807, 2.05) is 24.3 Å². The van der Waals surface area contributed by atoms with Crippen LogP contribution in [-0.4, -0.2) is 33.5 Å². The van der Waals surface area contributed by atoms with Crippen molar-refractivity contribution in [3.8, 4) is 0 Å². The average molecular weight is 274 g/mol. The van der Waals surface area contributed by atoms with Gasteiger partial charge < -0.3 is 14.8 Å². The van der Waals surface area contributed by atoms with Crippen molar-refractivity contribution in [1.29, 1.82) is 0 Å². The molecule has 1 N–H and O–H groups in total. The Morgan fingerprint density at radius 2 is 2.13 bits per heavy atom. The number of anilines is 1. The van der Waals surface area contributed by atoms with Crippen molar-refractivity contribution in [2.45, 2.75) is 0 Å². The highest BCUT2D eigenvalue weighted by molar-refractivity contribution is 9.10. The number of hydrogen-bond acceptors (Lipinski definition) is 3. The van der Waals surface area contributed by atoms with Crippen molar-refractivity contribution >= 4 is 21.6 Å². The third kappa shape index (κ3) is 5.77. The molecule has 0 radical (unpaired) electrons. The van der Waals surface area contributed by atoms with E-state index in [9.17, 15) is 0 Å². The maximum Gasteiger partial charge on any atom is 0.0701 e. The van der Waals surface area contributed by atoms with E-state index >= 15 is 0 Å². The summed E-state index contributed by atoms with van der Waals surface area (Å²) in [5.41, 5.74) is 1.10. The monoisotopic (exact) mass is 273 g/mol. The molecular formula is C11H16BrNO2. The van der Waals surface area contributed by atoms with Crippen LogP contribution in [0.4, 0.5) is 5.69 Å². The van der Waals surface area contributed by atoms with E-state index in [0.717, 1.165) is 16.7 Å². The Morgan fingerprint density at radius 3 is 2.87 bits per heavy atom. The van der Waals surface area contributed by atoms with E-state index in [1.165, 1.54) is 0 Å². The molecule has 84 valence electrons. The summed E-state index contributed by atoms with van der Waals surface area (Å²) in [5, 5.41) is 3.27. The van der Waals surface area contributed by atoms with Gasteiger partial charge in [-0.2, -0.15) is 0 Å². The second-order valence-corrected chi connectivity index (χ2v) is 3.96. The first-order valence-corrected chi connectivity index (χ1v) is 5.68. The zero-order chi connectivity index (χ0) is 10.9. The van der Waals surface area contributed by atoms with Gasteiger partial charge in [-0.3, -0.25) is 0 Å². The normalized spacial score (nSPS) is 10.3. The molecule has 0 bridgehead atoms. The molecule has 0 amide bonds. The van der Waals surface area contributed by atoms with Crippen molar-refractivity contribution in [2.24, 2.45) is 0 Å². The van der Waals surface area contributed by atoms with Gasteiger partial charge in [0.15, 0.2) is 0 Å². The smallest absolute Gasteiger partial charge is 0.0701 e. The molecule has 1 aromatic rings. The van der Waals surface area contributed by atoms with Crippen molar-refractivity contribution in [2.75, 3.05) is 38.8 Å². The summed E-state index contributed by atoms with van der Waals surface area (Å²) in [5.74, 6) is 0. The van der Waals surface area contributed by atoms with Gasteiger partial charge in [-0.1, -0.05) is 22.0 Å². The Hall–Kier alpha value is -0.580. The second kappa shape index (κ2) is 7.68. The molecule has 0 aliphatic heterocycles. The lowest BCUT2D eigenvalue weighted by atomic mass is 10.3. The lowest BCUT2D eigenvalue weighted by Gasteiger charge is -2.07. The lowest BCUT2D eigenvalue weighted by Crippen LogP contribution is -2.11. The number of nitrogens with one attached hydrogen (secondary N) is 1. The minimum absolute atomic E-state index is 0.649. The summed E-state index contributed by atoms with van der Waals surface area (Å²) in [4.78, 5) is 0. The van der Waals surface area contributed by atoms with E-state index in [2.05, 4.69) is 21.2 Å². The third-order valence-electron chi connectivity index (χ3n) is 1.83.